The van der Waals surface area contributed by atoms with E-state index in [-0.39, 0.29) is 0 Å². The number of rotatable bonds is 10. The van der Waals surface area contributed by atoms with Gasteiger partial charge in [0.2, 0.25) is 0 Å². The van der Waals surface area contributed by atoms with E-state index in [1.54, 1.807) is 0 Å². The van der Waals surface area contributed by atoms with Crippen LogP contribution in [0.4, 0.5) is 0 Å². The number of nitrogens with zero attached hydrogens (tertiary/aromatic N) is 3. The minimum absolute atomic E-state index is 0.414. The maximum atomic E-state index is 4.26. The molecule has 0 aliphatic heterocycles. The Morgan fingerprint density at radius 1 is 1.00 bits per heavy atom. The van der Waals surface area contributed by atoms with Crippen LogP contribution in [0.2, 0.25) is 0 Å². The zero-order valence-electron chi connectivity index (χ0n) is 13.2. The highest BCUT2D eigenvalue weighted by molar-refractivity contribution is 5.04. The van der Waals surface area contributed by atoms with Crippen molar-refractivity contribution in [3.63, 3.8) is 0 Å². The minimum atomic E-state index is 0.414. The van der Waals surface area contributed by atoms with Gasteiger partial charge in [0, 0.05) is 12.0 Å². The highest BCUT2D eigenvalue weighted by atomic mass is 15.4. The summed E-state index contributed by atoms with van der Waals surface area (Å²) in [5.41, 5.74) is 1.35. The van der Waals surface area contributed by atoms with Gasteiger partial charge in [-0.05, 0) is 26.7 Å². The van der Waals surface area contributed by atoms with E-state index in [2.05, 4.69) is 42.7 Å². The third-order valence-electron chi connectivity index (χ3n) is 3.82. The number of unbranched alkanes of at least 4 members (excludes halogenated alkanes) is 4. The lowest BCUT2D eigenvalue weighted by Crippen LogP contribution is -2.12. The topological polar surface area (TPSA) is 30.7 Å². The average Bonchev–Trinajstić information content (AvgIpc) is 2.87. The van der Waals surface area contributed by atoms with Crippen molar-refractivity contribution in [3.05, 3.63) is 11.9 Å². The fourth-order valence-corrected chi connectivity index (χ4v) is 2.65. The van der Waals surface area contributed by atoms with E-state index >= 15 is 0 Å². The number of hydrogen-bond acceptors (Lipinski definition) is 2. The van der Waals surface area contributed by atoms with Crippen LogP contribution in [-0.2, 0) is 0 Å². The molecule has 0 radical (unpaired) electrons. The Bertz CT molecular complexity index is 330. The molecular formula is C16H31N3. The van der Waals surface area contributed by atoms with Gasteiger partial charge >= 0.3 is 0 Å². The molecular weight excluding hydrogens is 234 g/mol. The largest absolute Gasteiger partial charge is 0.247 e. The Labute approximate surface area is 118 Å². The quantitative estimate of drug-likeness (QED) is 0.551. The summed E-state index contributed by atoms with van der Waals surface area (Å²) in [7, 11) is 0. The van der Waals surface area contributed by atoms with Gasteiger partial charge in [0.25, 0.3) is 0 Å². The first kappa shape index (κ1) is 16.2. The first-order chi connectivity index (χ1) is 9.20. The van der Waals surface area contributed by atoms with E-state index in [0.717, 1.165) is 0 Å². The van der Waals surface area contributed by atoms with Crippen LogP contribution in [0.3, 0.4) is 0 Å². The molecule has 0 aliphatic rings. The lowest BCUT2D eigenvalue weighted by Gasteiger charge is -2.19. The Hall–Kier alpha value is -0.860. The van der Waals surface area contributed by atoms with Crippen molar-refractivity contribution < 1.29 is 0 Å². The molecule has 0 spiro atoms. The standard InChI is InChI=1S/C16H31N3/c1-5-7-9-10-12-15(11-8-6-2)16-13-17-18-19(16)14(3)4/h13-15H,5-12H2,1-4H3. The average molecular weight is 265 g/mol. The van der Waals surface area contributed by atoms with Gasteiger partial charge in [0.15, 0.2) is 0 Å². The second-order valence-electron chi connectivity index (χ2n) is 5.89. The third kappa shape index (κ3) is 5.33. The molecule has 0 saturated carbocycles. The van der Waals surface area contributed by atoms with E-state index in [0.29, 0.717) is 12.0 Å². The predicted molar refractivity (Wildman–Crippen MR) is 81.4 cm³/mol. The summed E-state index contributed by atoms with van der Waals surface area (Å²) >= 11 is 0. The zero-order chi connectivity index (χ0) is 14.1. The molecule has 0 aromatic carbocycles. The van der Waals surface area contributed by atoms with Crippen molar-refractivity contribution in [3.8, 4) is 0 Å². The van der Waals surface area contributed by atoms with Gasteiger partial charge in [-0.2, -0.15) is 0 Å². The molecule has 3 nitrogen and oxygen atoms in total. The lowest BCUT2D eigenvalue weighted by atomic mass is 9.92. The van der Waals surface area contributed by atoms with Gasteiger partial charge in [0.1, 0.15) is 0 Å². The number of hydrogen-bond donors (Lipinski definition) is 0. The summed E-state index contributed by atoms with van der Waals surface area (Å²) in [6, 6.07) is 0.414. The molecule has 0 N–H and O–H groups in total. The van der Waals surface area contributed by atoms with E-state index in [9.17, 15) is 0 Å². The van der Waals surface area contributed by atoms with Crippen molar-refractivity contribution >= 4 is 0 Å². The van der Waals surface area contributed by atoms with Crippen molar-refractivity contribution in [1.82, 2.24) is 15.0 Å². The predicted octanol–water partition coefficient (Wildman–Crippen LogP) is 5.10. The van der Waals surface area contributed by atoms with Gasteiger partial charge < -0.3 is 0 Å². The van der Waals surface area contributed by atoms with E-state index < -0.39 is 0 Å². The van der Waals surface area contributed by atoms with Crippen molar-refractivity contribution in [1.29, 1.82) is 0 Å². The molecule has 0 saturated heterocycles. The Kier molecular flexibility index (Phi) is 7.76. The summed E-state index contributed by atoms with van der Waals surface area (Å²) in [6.45, 7) is 8.91. The molecule has 1 atom stereocenters. The SMILES string of the molecule is CCCCCCC(CCCC)c1cnnn1C(C)C. The van der Waals surface area contributed by atoms with E-state index in [1.807, 2.05) is 6.20 Å². The van der Waals surface area contributed by atoms with Crippen molar-refractivity contribution in [2.24, 2.45) is 0 Å². The second kappa shape index (κ2) is 9.11. The smallest absolute Gasteiger partial charge is 0.0728 e. The molecule has 1 unspecified atom stereocenters. The fraction of sp³-hybridized carbons (Fsp3) is 0.875. The first-order valence-corrected chi connectivity index (χ1v) is 8.10. The second-order valence-corrected chi connectivity index (χ2v) is 5.89. The molecule has 1 heterocycles. The molecule has 1 rings (SSSR count). The molecule has 19 heavy (non-hydrogen) atoms. The monoisotopic (exact) mass is 265 g/mol. The van der Waals surface area contributed by atoms with Crippen LogP contribution in [-0.4, -0.2) is 15.0 Å². The molecule has 1 aromatic heterocycles. The summed E-state index contributed by atoms with van der Waals surface area (Å²) in [6.07, 6.45) is 12.5. The normalized spacial score (nSPS) is 13.1. The van der Waals surface area contributed by atoms with E-state index in [4.69, 9.17) is 0 Å². The maximum Gasteiger partial charge on any atom is 0.0728 e. The summed E-state index contributed by atoms with van der Waals surface area (Å²) in [5, 5.41) is 8.39. The van der Waals surface area contributed by atoms with Crippen LogP contribution < -0.4 is 0 Å². The van der Waals surface area contributed by atoms with Crippen LogP contribution in [0, 0.1) is 0 Å². The highest BCUT2D eigenvalue weighted by Gasteiger charge is 2.17. The lowest BCUT2D eigenvalue weighted by molar-refractivity contribution is 0.435. The van der Waals surface area contributed by atoms with Gasteiger partial charge in [0.05, 0.1) is 11.9 Å². The molecule has 0 aliphatic carbocycles. The van der Waals surface area contributed by atoms with E-state index in [1.165, 1.54) is 57.1 Å². The molecule has 110 valence electrons. The van der Waals surface area contributed by atoms with Crippen molar-refractivity contribution in [2.45, 2.75) is 91.0 Å². The van der Waals surface area contributed by atoms with Crippen LogP contribution >= 0.6 is 0 Å². The maximum absolute atomic E-state index is 4.26. The Morgan fingerprint density at radius 2 is 1.68 bits per heavy atom. The first-order valence-electron chi connectivity index (χ1n) is 8.10. The molecule has 3 heteroatoms. The summed E-state index contributed by atoms with van der Waals surface area (Å²) in [4.78, 5) is 0. The number of aromatic nitrogens is 3. The van der Waals surface area contributed by atoms with Crippen LogP contribution in [0.5, 0.6) is 0 Å². The van der Waals surface area contributed by atoms with Gasteiger partial charge in [-0.25, -0.2) is 4.68 Å². The van der Waals surface area contributed by atoms with Gasteiger partial charge in [-0.15, -0.1) is 5.10 Å². The van der Waals surface area contributed by atoms with Gasteiger partial charge in [-0.1, -0.05) is 57.6 Å². The highest BCUT2D eigenvalue weighted by Crippen LogP contribution is 2.28. The molecule has 0 fully saturated rings. The zero-order valence-corrected chi connectivity index (χ0v) is 13.2. The Morgan fingerprint density at radius 3 is 2.32 bits per heavy atom. The van der Waals surface area contributed by atoms with Crippen molar-refractivity contribution in [2.75, 3.05) is 0 Å². The summed E-state index contributed by atoms with van der Waals surface area (Å²) in [5.74, 6) is 0.647. The molecule has 0 bridgehead atoms. The van der Waals surface area contributed by atoms with Crippen LogP contribution in [0.1, 0.15) is 96.7 Å². The van der Waals surface area contributed by atoms with Crippen LogP contribution in [0.15, 0.2) is 6.20 Å². The summed E-state index contributed by atoms with van der Waals surface area (Å²) < 4.78 is 2.11. The Balaban J connectivity index is 2.63. The molecule has 0 amide bonds. The van der Waals surface area contributed by atoms with Gasteiger partial charge in [-0.3, -0.25) is 0 Å². The third-order valence-corrected chi connectivity index (χ3v) is 3.82. The van der Waals surface area contributed by atoms with Crippen LogP contribution in [0.25, 0.3) is 0 Å². The fourth-order valence-electron chi connectivity index (χ4n) is 2.65. The minimum Gasteiger partial charge on any atom is -0.247 e. The molecule has 1 aromatic rings.